The monoisotopic (exact) mass is 283 g/mol. The number of pyridine rings is 1. The first-order valence-corrected chi connectivity index (χ1v) is 3.34. The van der Waals surface area contributed by atoms with Crippen molar-refractivity contribution < 1.29 is 45.9 Å². The largest absolute Gasteiger partial charge is 0.416 e. The third kappa shape index (κ3) is 3.45. The summed E-state index contributed by atoms with van der Waals surface area (Å²) in [6, 6.07) is 0.802. The molecule has 0 aromatic carbocycles. The van der Waals surface area contributed by atoms with Gasteiger partial charge in [0, 0.05) is 38.9 Å². The average molecular weight is 283 g/mol. The Balaban J connectivity index is 0.00000144. The zero-order valence-electron chi connectivity index (χ0n) is 6.40. The minimum atomic E-state index is -4.40. The van der Waals surface area contributed by atoms with Gasteiger partial charge in [0.1, 0.15) is 0 Å². The molecule has 1 aromatic rings. The molecule has 0 saturated carbocycles. The third-order valence-electron chi connectivity index (χ3n) is 1.24. The second-order valence-corrected chi connectivity index (χ2v) is 2.56. The van der Waals surface area contributed by atoms with Gasteiger partial charge in [-0.3, -0.25) is 4.98 Å². The van der Waals surface area contributed by atoms with E-state index in [2.05, 4.69) is 11.9 Å². The molecule has 0 aliphatic heterocycles. The summed E-state index contributed by atoms with van der Waals surface area (Å²) in [5.41, 5.74) is -0.718. The molecule has 0 fully saturated rings. The van der Waals surface area contributed by atoms with Gasteiger partial charge in [0.15, 0.2) is 0 Å². The fourth-order valence-electron chi connectivity index (χ4n) is 0.621. The molecule has 6 heteroatoms. The molecule has 0 N–H and O–H groups in total. The minimum Gasteiger partial charge on any atom is -0.294 e. The van der Waals surface area contributed by atoms with Crippen LogP contribution in [0.2, 0.25) is 5.02 Å². The Bertz CT molecular complexity index is 300. The van der Waals surface area contributed by atoms with Crippen LogP contribution in [0.25, 0.3) is 0 Å². The van der Waals surface area contributed by atoms with E-state index in [4.69, 9.17) is 11.6 Å². The Morgan fingerprint density at radius 3 is 2.31 bits per heavy atom. The molecule has 1 radical (unpaired) electrons. The summed E-state index contributed by atoms with van der Waals surface area (Å²) in [5, 5.41) is -0.0789. The topological polar surface area (TPSA) is 12.9 Å². The van der Waals surface area contributed by atoms with E-state index in [1.165, 1.54) is 0 Å². The number of alkyl halides is 3. The van der Waals surface area contributed by atoms with Crippen molar-refractivity contribution in [2.24, 2.45) is 0 Å². The van der Waals surface area contributed by atoms with Crippen LogP contribution in [0.3, 0.4) is 0 Å². The van der Waals surface area contributed by atoms with Crippen LogP contribution in [0.5, 0.6) is 0 Å². The van der Waals surface area contributed by atoms with E-state index < -0.39 is 11.7 Å². The van der Waals surface area contributed by atoms with Crippen LogP contribution in [0, 0.1) is 6.92 Å². The standard InChI is InChI=1S/C7H4ClF3N.Y/c1-4-6(8)2-5(3-12-4)7(9,10)11;/h2-3H,1H2;/q-1;. The number of rotatable bonds is 0. The molecule has 0 atom stereocenters. The van der Waals surface area contributed by atoms with Gasteiger partial charge in [-0.15, -0.1) is 6.07 Å². The van der Waals surface area contributed by atoms with Gasteiger partial charge in [-0.2, -0.15) is 13.2 Å². The van der Waals surface area contributed by atoms with Crippen LogP contribution in [0.15, 0.2) is 12.3 Å². The molecule has 0 spiro atoms. The van der Waals surface area contributed by atoms with Gasteiger partial charge in [0.05, 0.1) is 5.56 Å². The van der Waals surface area contributed by atoms with Crippen molar-refractivity contribution in [3.8, 4) is 0 Å². The third-order valence-corrected chi connectivity index (χ3v) is 1.57. The average Bonchev–Trinajstić information content (AvgIpc) is 1.92. The maximum atomic E-state index is 12.0. The van der Waals surface area contributed by atoms with Gasteiger partial charge < -0.3 is 0 Å². The number of nitrogens with zero attached hydrogens (tertiary/aromatic N) is 1. The van der Waals surface area contributed by atoms with E-state index in [1.54, 1.807) is 0 Å². The second-order valence-electron chi connectivity index (χ2n) is 2.15. The van der Waals surface area contributed by atoms with Crippen LogP contribution >= 0.6 is 11.6 Å². The van der Waals surface area contributed by atoms with E-state index in [0.29, 0.717) is 6.20 Å². The Hall–Kier alpha value is 0.204. The molecular weight excluding hydrogens is 279 g/mol. The number of hydrogen-bond donors (Lipinski definition) is 0. The molecule has 0 amide bonds. The van der Waals surface area contributed by atoms with E-state index >= 15 is 0 Å². The summed E-state index contributed by atoms with van der Waals surface area (Å²) in [5.74, 6) is 0. The summed E-state index contributed by atoms with van der Waals surface area (Å²) in [4.78, 5) is 3.38. The molecule has 69 valence electrons. The molecular formula is C7H4ClF3NY-. The molecule has 1 rings (SSSR count). The van der Waals surface area contributed by atoms with Crippen molar-refractivity contribution >= 4 is 11.6 Å². The molecule has 13 heavy (non-hydrogen) atoms. The van der Waals surface area contributed by atoms with Gasteiger partial charge >= 0.3 is 6.18 Å². The quantitative estimate of drug-likeness (QED) is 0.667. The van der Waals surface area contributed by atoms with Gasteiger partial charge in [-0.1, -0.05) is 10.7 Å². The van der Waals surface area contributed by atoms with E-state index in [1.807, 2.05) is 0 Å². The van der Waals surface area contributed by atoms with E-state index in [-0.39, 0.29) is 43.4 Å². The Kier molecular flexibility index (Phi) is 4.70. The van der Waals surface area contributed by atoms with Crippen LogP contribution in [-0.4, -0.2) is 4.98 Å². The van der Waals surface area contributed by atoms with E-state index in [0.717, 1.165) is 6.07 Å². The normalized spacial score (nSPS) is 10.8. The first kappa shape index (κ1) is 13.2. The summed E-state index contributed by atoms with van der Waals surface area (Å²) in [7, 11) is 0. The van der Waals surface area contributed by atoms with Crippen LogP contribution in [-0.2, 0) is 38.9 Å². The Morgan fingerprint density at radius 2 is 1.92 bits per heavy atom. The van der Waals surface area contributed by atoms with Crippen molar-refractivity contribution in [2.75, 3.05) is 0 Å². The smallest absolute Gasteiger partial charge is 0.294 e. The molecule has 0 aliphatic rings. The second kappa shape index (κ2) is 4.62. The molecule has 1 heterocycles. The summed E-state index contributed by atoms with van der Waals surface area (Å²) in [6.07, 6.45) is -3.70. The van der Waals surface area contributed by atoms with E-state index in [9.17, 15) is 13.2 Å². The zero-order valence-corrected chi connectivity index (χ0v) is 9.99. The zero-order chi connectivity index (χ0) is 9.35. The van der Waals surface area contributed by atoms with Gasteiger partial charge in [-0.05, 0) is 0 Å². The van der Waals surface area contributed by atoms with Crippen molar-refractivity contribution in [3.05, 3.63) is 35.5 Å². The fraction of sp³-hybridized carbons (Fsp3) is 0.143. The molecule has 1 nitrogen and oxygen atoms in total. The Labute approximate surface area is 104 Å². The van der Waals surface area contributed by atoms with Crippen molar-refractivity contribution in [1.29, 1.82) is 0 Å². The minimum absolute atomic E-state index is 0. The summed E-state index contributed by atoms with van der Waals surface area (Å²) >= 11 is 5.39. The van der Waals surface area contributed by atoms with Gasteiger partial charge in [0.2, 0.25) is 0 Å². The first-order chi connectivity index (χ1) is 5.41. The predicted molar refractivity (Wildman–Crippen MR) is 38.7 cm³/mol. The van der Waals surface area contributed by atoms with Gasteiger partial charge in [-0.25, -0.2) is 18.5 Å². The van der Waals surface area contributed by atoms with Crippen molar-refractivity contribution in [3.63, 3.8) is 0 Å². The molecule has 0 unspecified atom stereocenters. The van der Waals surface area contributed by atoms with Crippen LogP contribution in [0.1, 0.15) is 11.3 Å². The molecule has 0 aliphatic carbocycles. The van der Waals surface area contributed by atoms with Gasteiger partial charge in [0.25, 0.3) is 0 Å². The molecule has 0 bridgehead atoms. The van der Waals surface area contributed by atoms with Crippen molar-refractivity contribution in [2.45, 2.75) is 6.18 Å². The maximum Gasteiger partial charge on any atom is 0.416 e. The van der Waals surface area contributed by atoms with Crippen LogP contribution < -0.4 is 0 Å². The molecule has 1 aromatic heterocycles. The summed E-state index contributed by atoms with van der Waals surface area (Å²) in [6.45, 7) is 3.33. The van der Waals surface area contributed by atoms with Crippen LogP contribution in [0.4, 0.5) is 13.2 Å². The van der Waals surface area contributed by atoms with Crippen molar-refractivity contribution in [1.82, 2.24) is 4.98 Å². The number of hydrogen-bond acceptors (Lipinski definition) is 1. The number of halogens is 4. The summed E-state index contributed by atoms with van der Waals surface area (Å²) < 4.78 is 35.9. The molecule has 0 saturated heterocycles. The number of aromatic nitrogens is 1. The maximum absolute atomic E-state index is 12.0. The fourth-order valence-corrected chi connectivity index (χ4v) is 0.788. The first-order valence-electron chi connectivity index (χ1n) is 2.96. The SMILES string of the molecule is [CH2-]c1ncc(C(F)(F)F)cc1Cl.[Y]. The predicted octanol–water partition coefficient (Wildman–Crippen LogP) is 2.93. The Morgan fingerprint density at radius 1 is 1.38 bits per heavy atom.